The van der Waals surface area contributed by atoms with Crippen molar-refractivity contribution in [3.8, 4) is 0 Å². The summed E-state index contributed by atoms with van der Waals surface area (Å²) in [6.07, 6.45) is 7.25. The van der Waals surface area contributed by atoms with E-state index in [0.717, 1.165) is 18.9 Å². The zero-order valence-corrected chi connectivity index (χ0v) is 10.4. The Morgan fingerprint density at radius 2 is 1.87 bits per heavy atom. The fraction of sp³-hybridized carbons (Fsp3) is 1.00. The normalized spacial score (nSPS) is 36.6. The van der Waals surface area contributed by atoms with Gasteiger partial charge in [-0.15, -0.1) is 0 Å². The van der Waals surface area contributed by atoms with Crippen molar-refractivity contribution < 1.29 is 5.11 Å². The molecule has 1 N–H and O–H groups in total. The molecule has 2 fully saturated rings. The largest absolute Gasteiger partial charge is 0.391 e. The standard InChI is InChI=1S/C13H25NO/c1-13(2)8-7-12(15)11(9-13)14(3)10-5-4-6-10/h10-12,15H,4-9H2,1-3H3. The van der Waals surface area contributed by atoms with Crippen LogP contribution in [0.1, 0.15) is 52.4 Å². The highest BCUT2D eigenvalue weighted by molar-refractivity contribution is 4.93. The molecule has 0 aliphatic heterocycles. The summed E-state index contributed by atoms with van der Waals surface area (Å²) in [7, 11) is 2.21. The predicted molar refractivity (Wildman–Crippen MR) is 62.8 cm³/mol. The van der Waals surface area contributed by atoms with Gasteiger partial charge in [-0.25, -0.2) is 0 Å². The van der Waals surface area contributed by atoms with Crippen LogP contribution in [0.5, 0.6) is 0 Å². The van der Waals surface area contributed by atoms with Crippen molar-refractivity contribution in [2.45, 2.75) is 70.6 Å². The summed E-state index contributed by atoms with van der Waals surface area (Å²) < 4.78 is 0. The molecule has 0 heterocycles. The smallest absolute Gasteiger partial charge is 0.0695 e. The van der Waals surface area contributed by atoms with Crippen LogP contribution < -0.4 is 0 Å². The highest BCUT2D eigenvalue weighted by Gasteiger charge is 2.38. The summed E-state index contributed by atoms with van der Waals surface area (Å²) in [5.74, 6) is 0. The SMILES string of the molecule is CN(C1CCC1)C1CC(C)(C)CCC1O. The van der Waals surface area contributed by atoms with E-state index in [1.165, 1.54) is 25.7 Å². The van der Waals surface area contributed by atoms with Crippen molar-refractivity contribution >= 4 is 0 Å². The lowest BCUT2D eigenvalue weighted by Crippen LogP contribution is -2.53. The van der Waals surface area contributed by atoms with E-state index in [0.29, 0.717) is 11.5 Å². The Labute approximate surface area is 93.7 Å². The molecular formula is C13H25NO. The minimum absolute atomic E-state index is 0.0939. The highest BCUT2D eigenvalue weighted by atomic mass is 16.3. The predicted octanol–water partition coefficient (Wildman–Crippen LogP) is 2.41. The second kappa shape index (κ2) is 4.06. The average Bonchev–Trinajstić information content (AvgIpc) is 2.06. The van der Waals surface area contributed by atoms with Gasteiger partial charge in [0.15, 0.2) is 0 Å². The molecule has 0 aromatic carbocycles. The molecule has 0 saturated heterocycles. The first kappa shape index (κ1) is 11.4. The van der Waals surface area contributed by atoms with Gasteiger partial charge in [-0.1, -0.05) is 20.3 Å². The quantitative estimate of drug-likeness (QED) is 0.758. The maximum absolute atomic E-state index is 10.1. The second-order valence-electron chi connectivity index (χ2n) is 6.29. The molecule has 15 heavy (non-hydrogen) atoms. The summed E-state index contributed by atoms with van der Waals surface area (Å²) in [4.78, 5) is 2.45. The van der Waals surface area contributed by atoms with E-state index < -0.39 is 0 Å². The third-order valence-corrected chi connectivity index (χ3v) is 4.50. The van der Waals surface area contributed by atoms with Gasteiger partial charge in [0.05, 0.1) is 6.10 Å². The van der Waals surface area contributed by atoms with Crippen molar-refractivity contribution in [3.63, 3.8) is 0 Å². The van der Waals surface area contributed by atoms with Crippen LogP contribution in [0.25, 0.3) is 0 Å². The minimum Gasteiger partial charge on any atom is -0.391 e. The number of nitrogens with zero attached hydrogens (tertiary/aromatic N) is 1. The molecule has 88 valence electrons. The molecule has 2 nitrogen and oxygen atoms in total. The first-order valence-corrected chi connectivity index (χ1v) is 6.40. The maximum atomic E-state index is 10.1. The monoisotopic (exact) mass is 211 g/mol. The zero-order chi connectivity index (χ0) is 11.1. The summed E-state index contributed by atoms with van der Waals surface area (Å²) in [5, 5.41) is 10.1. The summed E-state index contributed by atoms with van der Waals surface area (Å²) >= 11 is 0. The molecule has 0 radical (unpaired) electrons. The lowest BCUT2D eigenvalue weighted by molar-refractivity contribution is -0.0355. The Hall–Kier alpha value is -0.0800. The summed E-state index contributed by atoms with van der Waals surface area (Å²) in [5.41, 5.74) is 0.419. The van der Waals surface area contributed by atoms with Crippen LogP contribution in [-0.4, -0.2) is 35.2 Å². The van der Waals surface area contributed by atoms with E-state index in [-0.39, 0.29) is 6.10 Å². The van der Waals surface area contributed by atoms with Crippen molar-refractivity contribution in [3.05, 3.63) is 0 Å². The molecule has 2 heteroatoms. The van der Waals surface area contributed by atoms with Crippen LogP contribution in [0.2, 0.25) is 0 Å². The second-order valence-corrected chi connectivity index (χ2v) is 6.29. The van der Waals surface area contributed by atoms with Crippen molar-refractivity contribution in [2.24, 2.45) is 5.41 Å². The number of hydrogen-bond donors (Lipinski definition) is 1. The van der Waals surface area contributed by atoms with Gasteiger partial charge in [0, 0.05) is 12.1 Å². The van der Waals surface area contributed by atoms with E-state index in [9.17, 15) is 5.11 Å². The third kappa shape index (κ3) is 2.36. The summed E-state index contributed by atoms with van der Waals surface area (Å²) in [6, 6.07) is 1.15. The van der Waals surface area contributed by atoms with Crippen molar-refractivity contribution in [1.29, 1.82) is 0 Å². The van der Waals surface area contributed by atoms with Crippen LogP contribution in [0, 0.1) is 5.41 Å². The highest BCUT2D eigenvalue weighted by Crippen LogP contribution is 2.39. The van der Waals surface area contributed by atoms with Gasteiger partial charge in [-0.05, 0) is 44.6 Å². The first-order chi connectivity index (χ1) is 6.99. The Bertz CT molecular complexity index is 223. The summed E-state index contributed by atoms with van der Waals surface area (Å²) in [6.45, 7) is 4.67. The molecule has 0 amide bonds. The zero-order valence-electron chi connectivity index (χ0n) is 10.4. The Morgan fingerprint density at radius 1 is 1.20 bits per heavy atom. The van der Waals surface area contributed by atoms with Gasteiger partial charge >= 0.3 is 0 Å². The van der Waals surface area contributed by atoms with Gasteiger partial charge in [0.2, 0.25) is 0 Å². The van der Waals surface area contributed by atoms with Gasteiger partial charge in [0.25, 0.3) is 0 Å². The van der Waals surface area contributed by atoms with Crippen LogP contribution in [0.4, 0.5) is 0 Å². The third-order valence-electron chi connectivity index (χ3n) is 4.50. The molecule has 2 rings (SSSR count). The molecule has 2 atom stereocenters. The fourth-order valence-electron chi connectivity index (χ4n) is 3.02. The maximum Gasteiger partial charge on any atom is 0.0695 e. The van der Waals surface area contributed by atoms with E-state index in [1.807, 2.05) is 0 Å². The number of aliphatic hydroxyl groups excluding tert-OH is 1. The van der Waals surface area contributed by atoms with Gasteiger partial charge in [-0.2, -0.15) is 0 Å². The molecule has 0 aromatic rings. The molecular weight excluding hydrogens is 186 g/mol. The fourth-order valence-corrected chi connectivity index (χ4v) is 3.02. The Morgan fingerprint density at radius 3 is 2.40 bits per heavy atom. The minimum atomic E-state index is -0.0939. The molecule has 2 unspecified atom stereocenters. The molecule has 0 spiro atoms. The van der Waals surface area contributed by atoms with Crippen LogP contribution in [-0.2, 0) is 0 Å². The Kier molecular flexibility index (Phi) is 3.09. The Balaban J connectivity index is 1.98. The topological polar surface area (TPSA) is 23.5 Å². The number of aliphatic hydroxyl groups is 1. The molecule has 2 aliphatic rings. The lowest BCUT2D eigenvalue weighted by atomic mass is 9.72. The van der Waals surface area contributed by atoms with E-state index >= 15 is 0 Å². The van der Waals surface area contributed by atoms with Crippen LogP contribution in [0.15, 0.2) is 0 Å². The van der Waals surface area contributed by atoms with Crippen LogP contribution in [0.3, 0.4) is 0 Å². The number of rotatable bonds is 2. The van der Waals surface area contributed by atoms with Crippen molar-refractivity contribution in [2.75, 3.05) is 7.05 Å². The van der Waals surface area contributed by atoms with E-state index in [1.54, 1.807) is 0 Å². The van der Waals surface area contributed by atoms with Gasteiger partial charge < -0.3 is 5.11 Å². The molecule has 0 aromatic heterocycles. The van der Waals surface area contributed by atoms with E-state index in [4.69, 9.17) is 0 Å². The van der Waals surface area contributed by atoms with Crippen molar-refractivity contribution in [1.82, 2.24) is 4.90 Å². The van der Waals surface area contributed by atoms with Gasteiger partial charge in [0.1, 0.15) is 0 Å². The average molecular weight is 211 g/mol. The van der Waals surface area contributed by atoms with E-state index in [2.05, 4.69) is 25.8 Å². The first-order valence-electron chi connectivity index (χ1n) is 6.40. The lowest BCUT2D eigenvalue weighted by Gasteiger charge is -2.47. The molecule has 2 saturated carbocycles. The molecule has 0 bridgehead atoms. The number of hydrogen-bond acceptors (Lipinski definition) is 2. The molecule has 2 aliphatic carbocycles. The number of likely N-dealkylation sites (N-methyl/N-ethyl adjacent to an activating group) is 1. The van der Waals surface area contributed by atoms with Crippen LogP contribution >= 0.6 is 0 Å². The van der Waals surface area contributed by atoms with Gasteiger partial charge in [-0.3, -0.25) is 4.90 Å².